The maximum Gasteiger partial charge on any atom is 0.146 e. The lowest BCUT2D eigenvalue weighted by Crippen LogP contribution is -2.30. The third-order valence-corrected chi connectivity index (χ3v) is 6.88. The van der Waals surface area contributed by atoms with Crippen molar-refractivity contribution >= 4 is 80.4 Å². The summed E-state index contributed by atoms with van der Waals surface area (Å²) >= 11 is 11.7. The summed E-state index contributed by atoms with van der Waals surface area (Å²) < 4.78 is 9.93. The zero-order valence-electron chi connectivity index (χ0n) is 11.3. The predicted octanol–water partition coefficient (Wildman–Crippen LogP) is 6.15. The van der Waals surface area contributed by atoms with Crippen LogP contribution in [-0.2, 0) is 0 Å². The molecule has 0 unspecified atom stereocenters. The van der Waals surface area contributed by atoms with Gasteiger partial charge in [0.15, 0.2) is 0 Å². The zero-order chi connectivity index (χ0) is 14.6. The molecule has 0 radical (unpaired) electrons. The van der Waals surface area contributed by atoms with E-state index < -0.39 is 0 Å². The smallest absolute Gasteiger partial charge is 0.146 e. The molecular formula is C15H19I3OS. The SMILES string of the molecule is SCC1(COc2c(I)cc(I)cc2I)CCCCCC1. The van der Waals surface area contributed by atoms with Crippen LogP contribution in [0.1, 0.15) is 38.5 Å². The molecule has 1 aromatic carbocycles. The molecule has 0 aromatic heterocycles. The summed E-state index contributed by atoms with van der Waals surface area (Å²) in [5.41, 5.74) is 0.273. The van der Waals surface area contributed by atoms with Crippen LogP contribution < -0.4 is 4.74 Å². The lowest BCUT2D eigenvalue weighted by molar-refractivity contribution is 0.146. The number of rotatable bonds is 4. The van der Waals surface area contributed by atoms with Gasteiger partial charge in [0, 0.05) is 8.99 Å². The summed E-state index contributed by atoms with van der Waals surface area (Å²) in [7, 11) is 0. The normalized spacial score (nSPS) is 18.6. The number of hydrogen-bond donors (Lipinski definition) is 1. The van der Waals surface area contributed by atoms with Crippen molar-refractivity contribution < 1.29 is 4.74 Å². The quantitative estimate of drug-likeness (QED) is 0.239. The van der Waals surface area contributed by atoms with Crippen molar-refractivity contribution in [3.8, 4) is 5.75 Å². The van der Waals surface area contributed by atoms with Crippen LogP contribution in [0.25, 0.3) is 0 Å². The maximum absolute atomic E-state index is 6.24. The van der Waals surface area contributed by atoms with Crippen LogP contribution in [0.2, 0.25) is 0 Å². The molecule has 0 saturated heterocycles. The van der Waals surface area contributed by atoms with E-state index in [2.05, 4.69) is 92.5 Å². The summed E-state index contributed by atoms with van der Waals surface area (Å²) in [4.78, 5) is 0. The molecule has 0 aliphatic heterocycles. The molecule has 1 aromatic rings. The molecule has 0 N–H and O–H groups in total. The van der Waals surface area contributed by atoms with E-state index in [-0.39, 0.29) is 5.41 Å². The molecule has 1 aliphatic rings. The Labute approximate surface area is 168 Å². The van der Waals surface area contributed by atoms with Gasteiger partial charge in [-0.3, -0.25) is 0 Å². The highest BCUT2D eigenvalue weighted by Gasteiger charge is 2.31. The first-order valence-electron chi connectivity index (χ1n) is 6.94. The van der Waals surface area contributed by atoms with Crippen LogP contribution in [0.4, 0.5) is 0 Å². The highest BCUT2D eigenvalue weighted by Crippen LogP contribution is 2.38. The minimum atomic E-state index is 0.273. The molecule has 0 heterocycles. The molecule has 1 aliphatic carbocycles. The number of thiol groups is 1. The van der Waals surface area contributed by atoms with E-state index in [0.29, 0.717) is 0 Å². The van der Waals surface area contributed by atoms with Crippen LogP contribution in [0.3, 0.4) is 0 Å². The molecule has 0 spiro atoms. The standard InChI is InChI=1S/C15H19I3OS/c16-11-7-12(17)14(13(18)8-11)19-9-15(10-20)5-3-1-2-4-6-15/h7-8,20H,1-6,9-10H2. The first-order chi connectivity index (χ1) is 9.56. The Morgan fingerprint density at radius 2 is 1.55 bits per heavy atom. The van der Waals surface area contributed by atoms with E-state index in [4.69, 9.17) is 4.74 Å². The van der Waals surface area contributed by atoms with E-state index in [1.165, 1.54) is 49.2 Å². The van der Waals surface area contributed by atoms with Gasteiger partial charge in [-0.25, -0.2) is 0 Å². The van der Waals surface area contributed by atoms with Crippen molar-refractivity contribution in [3.63, 3.8) is 0 Å². The summed E-state index contributed by atoms with van der Waals surface area (Å²) in [6.07, 6.45) is 7.90. The largest absolute Gasteiger partial charge is 0.491 e. The Kier molecular flexibility index (Phi) is 7.54. The van der Waals surface area contributed by atoms with E-state index >= 15 is 0 Å². The summed E-state index contributed by atoms with van der Waals surface area (Å²) in [6, 6.07) is 4.36. The summed E-state index contributed by atoms with van der Waals surface area (Å²) in [5, 5.41) is 0. The van der Waals surface area contributed by atoms with Crippen molar-refractivity contribution in [1.29, 1.82) is 0 Å². The number of halogens is 3. The predicted molar refractivity (Wildman–Crippen MR) is 114 cm³/mol. The Morgan fingerprint density at radius 3 is 2.05 bits per heavy atom. The van der Waals surface area contributed by atoms with E-state index in [0.717, 1.165) is 18.1 Å². The van der Waals surface area contributed by atoms with Gasteiger partial charge in [0.2, 0.25) is 0 Å². The highest BCUT2D eigenvalue weighted by molar-refractivity contribution is 14.1. The Morgan fingerprint density at radius 1 is 1.00 bits per heavy atom. The van der Waals surface area contributed by atoms with E-state index in [9.17, 15) is 0 Å². The molecule has 0 amide bonds. The first kappa shape index (κ1) is 17.9. The molecule has 0 atom stereocenters. The van der Waals surface area contributed by atoms with Gasteiger partial charge in [-0.2, -0.15) is 12.6 Å². The Hall–Kier alpha value is 1.56. The molecule has 1 nitrogen and oxygen atoms in total. The molecular weight excluding hydrogens is 609 g/mol. The Bertz CT molecular complexity index is 433. The monoisotopic (exact) mass is 628 g/mol. The van der Waals surface area contributed by atoms with E-state index in [1.54, 1.807) is 0 Å². The summed E-state index contributed by atoms with van der Waals surface area (Å²) in [5.74, 6) is 1.99. The van der Waals surface area contributed by atoms with Crippen molar-refractivity contribution in [2.75, 3.05) is 12.4 Å². The molecule has 2 rings (SSSR count). The number of benzene rings is 1. The van der Waals surface area contributed by atoms with Crippen molar-refractivity contribution in [2.45, 2.75) is 38.5 Å². The van der Waals surface area contributed by atoms with Gasteiger partial charge < -0.3 is 4.74 Å². The third kappa shape index (κ3) is 4.78. The molecule has 1 fully saturated rings. The molecule has 112 valence electrons. The van der Waals surface area contributed by atoms with Crippen LogP contribution in [0.15, 0.2) is 12.1 Å². The third-order valence-electron chi connectivity index (χ3n) is 3.99. The Balaban J connectivity index is 2.10. The average Bonchev–Trinajstić information content (AvgIpc) is 2.63. The first-order valence-corrected chi connectivity index (χ1v) is 10.8. The highest BCUT2D eigenvalue weighted by atomic mass is 127. The van der Waals surface area contributed by atoms with Gasteiger partial charge in [0.05, 0.1) is 13.7 Å². The van der Waals surface area contributed by atoms with Gasteiger partial charge in [0.25, 0.3) is 0 Å². The zero-order valence-corrected chi connectivity index (χ0v) is 18.7. The fourth-order valence-corrected chi connectivity index (χ4v) is 7.02. The van der Waals surface area contributed by atoms with Crippen molar-refractivity contribution in [3.05, 3.63) is 22.8 Å². The van der Waals surface area contributed by atoms with Crippen LogP contribution in [0, 0.1) is 16.1 Å². The second-order valence-corrected chi connectivity index (χ2v) is 9.45. The van der Waals surface area contributed by atoms with Crippen molar-refractivity contribution in [1.82, 2.24) is 0 Å². The van der Waals surface area contributed by atoms with Crippen LogP contribution >= 0.6 is 80.4 Å². The lowest BCUT2D eigenvalue weighted by Gasteiger charge is -2.31. The minimum Gasteiger partial charge on any atom is -0.491 e. The summed E-state index contributed by atoms with van der Waals surface area (Å²) in [6.45, 7) is 0.809. The molecule has 5 heteroatoms. The average molecular weight is 628 g/mol. The topological polar surface area (TPSA) is 9.23 Å². The van der Waals surface area contributed by atoms with Gasteiger partial charge >= 0.3 is 0 Å². The van der Waals surface area contributed by atoms with Crippen molar-refractivity contribution in [2.24, 2.45) is 5.41 Å². The van der Waals surface area contributed by atoms with Gasteiger partial charge in [0.1, 0.15) is 5.75 Å². The van der Waals surface area contributed by atoms with Gasteiger partial charge in [-0.05, 0) is 98.5 Å². The second kappa shape index (κ2) is 8.42. The van der Waals surface area contributed by atoms with Crippen LogP contribution in [-0.4, -0.2) is 12.4 Å². The molecule has 0 bridgehead atoms. The molecule has 1 saturated carbocycles. The molecule has 20 heavy (non-hydrogen) atoms. The van der Waals surface area contributed by atoms with Gasteiger partial charge in [-0.15, -0.1) is 0 Å². The van der Waals surface area contributed by atoms with Gasteiger partial charge in [-0.1, -0.05) is 25.7 Å². The maximum atomic E-state index is 6.24. The van der Waals surface area contributed by atoms with Crippen LogP contribution in [0.5, 0.6) is 5.75 Å². The number of hydrogen-bond acceptors (Lipinski definition) is 2. The minimum absolute atomic E-state index is 0.273. The lowest BCUT2D eigenvalue weighted by atomic mass is 9.83. The fraction of sp³-hybridized carbons (Fsp3) is 0.600. The fourth-order valence-electron chi connectivity index (χ4n) is 2.72. The second-order valence-electron chi connectivity index (χ2n) is 5.56. The number of ether oxygens (including phenoxy) is 1. The van der Waals surface area contributed by atoms with E-state index in [1.807, 2.05) is 0 Å².